The highest BCUT2D eigenvalue weighted by molar-refractivity contribution is 5.78. The van der Waals surface area contributed by atoms with Crippen LogP contribution in [0.15, 0.2) is 36.7 Å². The molecule has 1 aliphatic heterocycles. The SMILES string of the molecule is COc1ccc(CC(=O)NCCCN2CCN(c3ncccn3)CC2)cc1OC. The van der Waals surface area contributed by atoms with Crippen LogP contribution in [0.2, 0.25) is 0 Å². The molecule has 2 heterocycles. The van der Waals surface area contributed by atoms with Gasteiger partial charge in [-0.25, -0.2) is 9.97 Å². The monoisotopic (exact) mass is 399 g/mol. The molecular formula is C21H29N5O3. The number of ether oxygens (including phenoxy) is 2. The number of carbonyl (C=O) groups is 1. The van der Waals surface area contributed by atoms with Gasteiger partial charge in [0.05, 0.1) is 20.6 Å². The minimum Gasteiger partial charge on any atom is -0.493 e. The van der Waals surface area contributed by atoms with Gasteiger partial charge in [0, 0.05) is 45.1 Å². The summed E-state index contributed by atoms with van der Waals surface area (Å²) in [6.45, 7) is 5.47. The number of benzene rings is 1. The highest BCUT2D eigenvalue weighted by Crippen LogP contribution is 2.27. The van der Waals surface area contributed by atoms with E-state index in [1.54, 1.807) is 26.6 Å². The van der Waals surface area contributed by atoms with Crippen molar-refractivity contribution in [3.05, 3.63) is 42.2 Å². The molecule has 0 bridgehead atoms. The average Bonchev–Trinajstić information content (AvgIpc) is 2.77. The Labute approximate surface area is 171 Å². The lowest BCUT2D eigenvalue weighted by Crippen LogP contribution is -2.47. The highest BCUT2D eigenvalue weighted by Gasteiger charge is 2.18. The van der Waals surface area contributed by atoms with Crippen LogP contribution in [0.1, 0.15) is 12.0 Å². The van der Waals surface area contributed by atoms with Crippen molar-refractivity contribution in [1.29, 1.82) is 0 Å². The maximum absolute atomic E-state index is 12.2. The molecule has 1 N–H and O–H groups in total. The lowest BCUT2D eigenvalue weighted by atomic mass is 10.1. The summed E-state index contributed by atoms with van der Waals surface area (Å²) in [6, 6.07) is 7.38. The van der Waals surface area contributed by atoms with Gasteiger partial charge in [0.25, 0.3) is 0 Å². The van der Waals surface area contributed by atoms with Crippen LogP contribution >= 0.6 is 0 Å². The number of methoxy groups -OCH3 is 2. The Bertz CT molecular complexity index is 779. The minimum absolute atomic E-state index is 0.0169. The second-order valence-corrected chi connectivity index (χ2v) is 6.95. The summed E-state index contributed by atoms with van der Waals surface area (Å²) in [5, 5.41) is 3.00. The molecule has 0 saturated carbocycles. The number of piperazine rings is 1. The molecule has 2 aromatic rings. The van der Waals surface area contributed by atoms with Crippen molar-refractivity contribution in [2.45, 2.75) is 12.8 Å². The predicted octanol–water partition coefficient (Wildman–Crippen LogP) is 1.36. The predicted molar refractivity (Wildman–Crippen MR) is 112 cm³/mol. The Morgan fingerprint density at radius 2 is 1.79 bits per heavy atom. The summed E-state index contributed by atoms with van der Waals surface area (Å²) in [5.74, 6) is 2.12. The Morgan fingerprint density at radius 3 is 2.48 bits per heavy atom. The summed E-state index contributed by atoms with van der Waals surface area (Å²) in [7, 11) is 3.19. The van der Waals surface area contributed by atoms with E-state index in [9.17, 15) is 4.79 Å². The molecular weight excluding hydrogens is 370 g/mol. The molecule has 0 spiro atoms. The molecule has 0 radical (unpaired) electrons. The molecule has 8 heteroatoms. The molecule has 8 nitrogen and oxygen atoms in total. The summed E-state index contributed by atoms with van der Waals surface area (Å²) < 4.78 is 10.5. The fraction of sp³-hybridized carbons (Fsp3) is 0.476. The lowest BCUT2D eigenvalue weighted by molar-refractivity contribution is -0.120. The Kier molecular flexibility index (Phi) is 7.63. The van der Waals surface area contributed by atoms with Crippen molar-refractivity contribution in [3.8, 4) is 11.5 Å². The molecule has 0 atom stereocenters. The summed E-state index contributed by atoms with van der Waals surface area (Å²) in [4.78, 5) is 25.4. The molecule has 1 fully saturated rings. The number of hydrogen-bond acceptors (Lipinski definition) is 7. The van der Waals surface area contributed by atoms with Crippen LogP contribution in [0, 0.1) is 0 Å². The maximum atomic E-state index is 12.2. The normalized spacial score (nSPS) is 14.5. The zero-order valence-electron chi connectivity index (χ0n) is 17.1. The number of nitrogens with one attached hydrogen (secondary N) is 1. The minimum atomic E-state index is 0.0169. The van der Waals surface area contributed by atoms with Crippen LogP contribution in [0.5, 0.6) is 11.5 Å². The zero-order chi connectivity index (χ0) is 20.5. The van der Waals surface area contributed by atoms with Crippen LogP contribution in [-0.4, -0.2) is 74.3 Å². The third kappa shape index (κ3) is 6.05. The van der Waals surface area contributed by atoms with Crippen molar-refractivity contribution < 1.29 is 14.3 Å². The van der Waals surface area contributed by atoms with Gasteiger partial charge in [-0.2, -0.15) is 0 Å². The maximum Gasteiger partial charge on any atom is 0.225 e. The second kappa shape index (κ2) is 10.6. The number of hydrogen-bond donors (Lipinski definition) is 1. The second-order valence-electron chi connectivity index (χ2n) is 6.95. The van der Waals surface area contributed by atoms with Crippen LogP contribution < -0.4 is 19.7 Å². The third-order valence-electron chi connectivity index (χ3n) is 4.99. The molecule has 0 aliphatic carbocycles. The Morgan fingerprint density at radius 1 is 1.07 bits per heavy atom. The fourth-order valence-electron chi connectivity index (χ4n) is 3.39. The quantitative estimate of drug-likeness (QED) is 0.638. The summed E-state index contributed by atoms with van der Waals surface area (Å²) in [5.41, 5.74) is 0.902. The van der Waals surface area contributed by atoms with Gasteiger partial charge in [-0.1, -0.05) is 6.07 Å². The fourth-order valence-corrected chi connectivity index (χ4v) is 3.39. The standard InChI is InChI=1S/C21H29N5O3/c1-28-18-6-5-17(15-19(18)29-2)16-20(27)22-9-4-10-25-11-13-26(14-12-25)21-23-7-3-8-24-21/h3,5-8,15H,4,9-14,16H2,1-2H3,(H,22,27). The molecule has 0 unspecified atom stereocenters. The van der Waals surface area contributed by atoms with Crippen molar-refractivity contribution in [1.82, 2.24) is 20.2 Å². The summed E-state index contributed by atoms with van der Waals surface area (Å²) in [6.07, 6.45) is 4.81. The van der Waals surface area contributed by atoms with Crippen LogP contribution in [-0.2, 0) is 11.2 Å². The Balaban J connectivity index is 1.33. The van der Waals surface area contributed by atoms with E-state index in [0.29, 0.717) is 24.5 Å². The van der Waals surface area contributed by atoms with Crippen molar-refractivity contribution in [3.63, 3.8) is 0 Å². The van der Waals surface area contributed by atoms with Gasteiger partial charge < -0.3 is 19.7 Å². The molecule has 3 rings (SSSR count). The van der Waals surface area contributed by atoms with E-state index in [1.807, 2.05) is 24.3 Å². The first-order chi connectivity index (χ1) is 14.2. The average molecular weight is 399 g/mol. The third-order valence-corrected chi connectivity index (χ3v) is 4.99. The summed E-state index contributed by atoms with van der Waals surface area (Å²) >= 11 is 0. The van der Waals surface area contributed by atoms with Crippen LogP contribution in [0.25, 0.3) is 0 Å². The van der Waals surface area contributed by atoms with Gasteiger partial charge in [-0.15, -0.1) is 0 Å². The molecule has 1 aromatic carbocycles. The van der Waals surface area contributed by atoms with Gasteiger partial charge >= 0.3 is 0 Å². The number of carbonyl (C=O) groups excluding carboxylic acids is 1. The number of aromatic nitrogens is 2. The van der Waals surface area contributed by atoms with E-state index in [2.05, 4.69) is 25.1 Å². The van der Waals surface area contributed by atoms with E-state index < -0.39 is 0 Å². The van der Waals surface area contributed by atoms with Crippen LogP contribution in [0.3, 0.4) is 0 Å². The van der Waals surface area contributed by atoms with E-state index in [1.165, 1.54) is 0 Å². The van der Waals surface area contributed by atoms with E-state index in [4.69, 9.17) is 9.47 Å². The number of amides is 1. The zero-order valence-corrected chi connectivity index (χ0v) is 17.1. The number of anilines is 1. The molecule has 1 aromatic heterocycles. The molecule has 1 amide bonds. The van der Waals surface area contributed by atoms with E-state index in [0.717, 1.165) is 50.7 Å². The van der Waals surface area contributed by atoms with Crippen molar-refractivity contribution in [2.75, 3.05) is 58.4 Å². The van der Waals surface area contributed by atoms with Gasteiger partial charge in [0.2, 0.25) is 11.9 Å². The number of nitrogens with zero attached hydrogens (tertiary/aromatic N) is 4. The topological polar surface area (TPSA) is 79.8 Å². The molecule has 1 aliphatic rings. The molecule has 156 valence electrons. The Hall–Kier alpha value is -2.87. The lowest BCUT2D eigenvalue weighted by Gasteiger charge is -2.34. The first-order valence-electron chi connectivity index (χ1n) is 9.91. The molecule has 29 heavy (non-hydrogen) atoms. The molecule has 1 saturated heterocycles. The van der Waals surface area contributed by atoms with Crippen LogP contribution in [0.4, 0.5) is 5.95 Å². The van der Waals surface area contributed by atoms with Gasteiger partial charge in [0.1, 0.15) is 0 Å². The van der Waals surface area contributed by atoms with E-state index in [-0.39, 0.29) is 5.91 Å². The van der Waals surface area contributed by atoms with Crippen molar-refractivity contribution in [2.24, 2.45) is 0 Å². The number of rotatable bonds is 9. The highest BCUT2D eigenvalue weighted by atomic mass is 16.5. The van der Waals surface area contributed by atoms with Gasteiger partial charge in [-0.3, -0.25) is 9.69 Å². The first kappa shape index (κ1) is 20.9. The van der Waals surface area contributed by atoms with Gasteiger partial charge in [-0.05, 0) is 36.7 Å². The smallest absolute Gasteiger partial charge is 0.225 e. The van der Waals surface area contributed by atoms with E-state index >= 15 is 0 Å². The largest absolute Gasteiger partial charge is 0.493 e. The first-order valence-corrected chi connectivity index (χ1v) is 9.91. The van der Waals surface area contributed by atoms with Gasteiger partial charge in [0.15, 0.2) is 11.5 Å². The van der Waals surface area contributed by atoms with Crippen molar-refractivity contribution >= 4 is 11.9 Å².